The Morgan fingerprint density at radius 2 is 1.60 bits per heavy atom. The molecule has 0 spiro atoms. The van der Waals surface area contributed by atoms with Crippen LogP contribution in [0, 0.1) is 5.82 Å². The molecule has 0 aliphatic heterocycles. The van der Waals surface area contributed by atoms with Crippen molar-refractivity contribution in [1.29, 1.82) is 0 Å². The summed E-state index contributed by atoms with van der Waals surface area (Å²) in [4.78, 5) is 17.8. The van der Waals surface area contributed by atoms with Gasteiger partial charge in [0, 0.05) is 0 Å². The summed E-state index contributed by atoms with van der Waals surface area (Å²) < 4.78 is 15.9. The fourth-order valence-electron chi connectivity index (χ4n) is 3.40. The molecule has 3 aromatic carbocycles. The molecule has 4 aromatic rings. The third-order valence-corrected chi connectivity index (χ3v) is 5.15. The summed E-state index contributed by atoms with van der Waals surface area (Å²) >= 11 is 0. The smallest absolute Gasteiger partial charge is 0.280 e. The Balaban J connectivity index is 1.76. The number of nitrogens with zero attached hydrogens (tertiary/aromatic N) is 2. The maximum absolute atomic E-state index is 14.5. The van der Waals surface area contributed by atoms with Gasteiger partial charge in [-0.1, -0.05) is 69.3 Å². The van der Waals surface area contributed by atoms with E-state index in [9.17, 15) is 9.18 Å². The molecule has 4 rings (SSSR count). The summed E-state index contributed by atoms with van der Waals surface area (Å²) in [6.45, 7) is 6.91. The van der Waals surface area contributed by atoms with Gasteiger partial charge in [-0.05, 0) is 40.8 Å². The molecule has 0 saturated heterocycles. The SMILES string of the molecule is CC(C)(C)c1ccc(CNn2c(-c3ccccc3F)nc3ccccc3c2=O)cc1. The van der Waals surface area contributed by atoms with Crippen molar-refractivity contribution < 1.29 is 4.39 Å². The zero-order valence-corrected chi connectivity index (χ0v) is 17.3. The third kappa shape index (κ3) is 3.83. The molecule has 4 nitrogen and oxygen atoms in total. The summed E-state index contributed by atoms with van der Waals surface area (Å²) in [6, 6.07) is 21.7. The van der Waals surface area contributed by atoms with Gasteiger partial charge in [-0.25, -0.2) is 14.1 Å². The predicted molar refractivity (Wildman–Crippen MR) is 120 cm³/mol. The van der Waals surface area contributed by atoms with E-state index in [0.717, 1.165) is 5.56 Å². The van der Waals surface area contributed by atoms with Gasteiger partial charge in [0.25, 0.3) is 5.56 Å². The molecule has 0 atom stereocenters. The first kappa shape index (κ1) is 19.8. The number of rotatable bonds is 4. The maximum atomic E-state index is 14.5. The molecular formula is C25H24FN3O. The Labute approximate surface area is 175 Å². The van der Waals surface area contributed by atoms with Crippen LogP contribution in [0.2, 0.25) is 0 Å². The second-order valence-electron chi connectivity index (χ2n) is 8.35. The van der Waals surface area contributed by atoms with Crippen LogP contribution < -0.4 is 11.0 Å². The van der Waals surface area contributed by atoms with Crippen LogP contribution in [0.1, 0.15) is 31.9 Å². The van der Waals surface area contributed by atoms with Crippen LogP contribution in [0.3, 0.4) is 0 Å². The van der Waals surface area contributed by atoms with E-state index in [0.29, 0.717) is 17.4 Å². The second-order valence-corrected chi connectivity index (χ2v) is 8.35. The Morgan fingerprint density at radius 1 is 0.933 bits per heavy atom. The van der Waals surface area contributed by atoms with E-state index in [1.165, 1.54) is 16.3 Å². The van der Waals surface area contributed by atoms with Crippen molar-refractivity contribution in [1.82, 2.24) is 9.66 Å². The molecule has 30 heavy (non-hydrogen) atoms. The molecule has 0 bridgehead atoms. The van der Waals surface area contributed by atoms with E-state index in [1.807, 2.05) is 18.2 Å². The Kier molecular flexibility index (Phi) is 5.12. The molecule has 152 valence electrons. The number of hydrogen-bond donors (Lipinski definition) is 1. The van der Waals surface area contributed by atoms with Crippen molar-refractivity contribution in [3.05, 3.63) is 100 Å². The first-order valence-electron chi connectivity index (χ1n) is 9.94. The van der Waals surface area contributed by atoms with Crippen molar-refractivity contribution in [3.8, 4) is 11.4 Å². The minimum absolute atomic E-state index is 0.0726. The third-order valence-electron chi connectivity index (χ3n) is 5.15. The lowest BCUT2D eigenvalue weighted by Crippen LogP contribution is -2.31. The van der Waals surface area contributed by atoms with Gasteiger partial charge in [-0.3, -0.25) is 4.79 Å². The Hall–Kier alpha value is -3.47. The lowest BCUT2D eigenvalue weighted by Gasteiger charge is -2.20. The minimum atomic E-state index is -0.426. The Bertz CT molecular complexity index is 1250. The predicted octanol–water partition coefficient (Wildman–Crippen LogP) is 5.24. The number of halogens is 1. The van der Waals surface area contributed by atoms with Crippen LogP contribution in [-0.4, -0.2) is 9.66 Å². The number of para-hydroxylation sites is 1. The van der Waals surface area contributed by atoms with Crippen molar-refractivity contribution in [2.24, 2.45) is 0 Å². The molecule has 1 N–H and O–H groups in total. The largest absolute Gasteiger partial charge is 0.317 e. The average molecular weight is 401 g/mol. The summed E-state index contributed by atoms with van der Waals surface area (Å²) in [5, 5.41) is 0.480. The highest BCUT2D eigenvalue weighted by atomic mass is 19.1. The van der Waals surface area contributed by atoms with Gasteiger partial charge in [0.05, 0.1) is 23.0 Å². The van der Waals surface area contributed by atoms with Crippen LogP contribution in [0.5, 0.6) is 0 Å². The first-order chi connectivity index (χ1) is 14.3. The van der Waals surface area contributed by atoms with Gasteiger partial charge in [0.2, 0.25) is 0 Å². The van der Waals surface area contributed by atoms with Gasteiger partial charge in [0.15, 0.2) is 5.82 Å². The van der Waals surface area contributed by atoms with Gasteiger partial charge in [-0.15, -0.1) is 0 Å². The molecule has 0 aliphatic rings. The maximum Gasteiger partial charge on any atom is 0.280 e. The molecule has 0 amide bonds. The van der Waals surface area contributed by atoms with E-state index in [-0.39, 0.29) is 22.4 Å². The molecule has 5 heteroatoms. The molecule has 0 radical (unpaired) electrons. The number of aromatic nitrogens is 2. The summed E-state index contributed by atoms with van der Waals surface area (Å²) in [7, 11) is 0. The van der Waals surface area contributed by atoms with Crippen LogP contribution in [-0.2, 0) is 12.0 Å². The van der Waals surface area contributed by atoms with Crippen LogP contribution in [0.15, 0.2) is 77.6 Å². The fourth-order valence-corrected chi connectivity index (χ4v) is 3.40. The van der Waals surface area contributed by atoms with E-state index in [1.54, 1.807) is 36.4 Å². The number of nitrogens with one attached hydrogen (secondary N) is 1. The number of benzene rings is 3. The molecular weight excluding hydrogens is 377 g/mol. The normalized spacial score (nSPS) is 11.6. The van der Waals surface area contributed by atoms with Gasteiger partial charge >= 0.3 is 0 Å². The van der Waals surface area contributed by atoms with Crippen molar-refractivity contribution in [3.63, 3.8) is 0 Å². The van der Waals surface area contributed by atoms with Crippen LogP contribution in [0.4, 0.5) is 4.39 Å². The van der Waals surface area contributed by atoms with Crippen molar-refractivity contribution in [2.75, 3.05) is 5.43 Å². The molecule has 0 fully saturated rings. The average Bonchev–Trinajstić information content (AvgIpc) is 2.73. The van der Waals surface area contributed by atoms with Gasteiger partial charge in [0.1, 0.15) is 5.82 Å². The monoisotopic (exact) mass is 401 g/mol. The van der Waals surface area contributed by atoms with E-state index in [2.05, 4.69) is 43.3 Å². The molecule has 0 aliphatic carbocycles. The molecule has 0 unspecified atom stereocenters. The van der Waals surface area contributed by atoms with E-state index >= 15 is 0 Å². The minimum Gasteiger partial charge on any atom is -0.317 e. The van der Waals surface area contributed by atoms with E-state index < -0.39 is 5.82 Å². The first-order valence-corrected chi connectivity index (χ1v) is 9.94. The zero-order chi connectivity index (χ0) is 21.3. The second kappa shape index (κ2) is 7.75. The Morgan fingerprint density at radius 3 is 2.30 bits per heavy atom. The highest BCUT2D eigenvalue weighted by Crippen LogP contribution is 2.23. The number of hydrogen-bond acceptors (Lipinski definition) is 3. The summed E-state index contributed by atoms with van der Waals surface area (Å²) in [6.07, 6.45) is 0. The molecule has 1 heterocycles. The van der Waals surface area contributed by atoms with Crippen LogP contribution in [0.25, 0.3) is 22.3 Å². The molecule has 1 aromatic heterocycles. The highest BCUT2D eigenvalue weighted by molar-refractivity contribution is 5.79. The van der Waals surface area contributed by atoms with E-state index in [4.69, 9.17) is 0 Å². The lowest BCUT2D eigenvalue weighted by molar-refractivity contribution is 0.590. The van der Waals surface area contributed by atoms with Crippen LogP contribution >= 0.6 is 0 Å². The van der Waals surface area contributed by atoms with Crippen molar-refractivity contribution in [2.45, 2.75) is 32.7 Å². The lowest BCUT2D eigenvalue weighted by atomic mass is 9.87. The quantitative estimate of drug-likeness (QED) is 0.508. The highest BCUT2D eigenvalue weighted by Gasteiger charge is 2.16. The summed E-state index contributed by atoms with van der Waals surface area (Å²) in [5.74, 6) is -0.173. The molecule has 0 saturated carbocycles. The standard InChI is InChI=1S/C25H24FN3O/c1-25(2,3)18-14-12-17(13-15-18)16-27-29-23(19-8-4-6-10-21(19)26)28-22-11-7-5-9-20(22)24(29)30/h4-15,27H,16H2,1-3H3. The topological polar surface area (TPSA) is 46.9 Å². The number of fused-ring (bicyclic) bond motifs is 1. The van der Waals surface area contributed by atoms with Crippen molar-refractivity contribution >= 4 is 10.9 Å². The summed E-state index contributed by atoms with van der Waals surface area (Å²) in [5.41, 5.74) is 6.03. The van der Waals surface area contributed by atoms with Gasteiger partial charge < -0.3 is 5.43 Å². The zero-order valence-electron chi connectivity index (χ0n) is 17.3. The van der Waals surface area contributed by atoms with Gasteiger partial charge in [-0.2, -0.15) is 0 Å². The fraction of sp³-hybridized carbons (Fsp3) is 0.200.